The fourth-order valence-electron chi connectivity index (χ4n) is 2.01. The first kappa shape index (κ1) is 19.7. The fourth-order valence-corrected chi connectivity index (χ4v) is 4.16. The first-order chi connectivity index (χ1) is 11.8. The van der Waals surface area contributed by atoms with Gasteiger partial charge in [0.05, 0.1) is 10.6 Å². The van der Waals surface area contributed by atoms with Crippen LogP contribution in [0.15, 0.2) is 57.2 Å². The van der Waals surface area contributed by atoms with Gasteiger partial charge in [0.1, 0.15) is 4.90 Å². The second-order valence-electron chi connectivity index (χ2n) is 5.07. The van der Waals surface area contributed by atoms with Crippen LogP contribution in [-0.4, -0.2) is 32.6 Å². The van der Waals surface area contributed by atoms with Crippen LogP contribution in [0.4, 0.5) is 0 Å². The molecule has 2 aromatic carbocycles. The average Bonchev–Trinajstić information content (AvgIpc) is 2.55. The van der Waals surface area contributed by atoms with Crippen LogP contribution in [-0.2, 0) is 10.0 Å². The van der Waals surface area contributed by atoms with Gasteiger partial charge in [0.15, 0.2) is 0 Å². The molecule has 0 saturated carbocycles. The Morgan fingerprint density at radius 2 is 1.92 bits per heavy atom. The molecule has 25 heavy (non-hydrogen) atoms. The standard InChI is InChI=1S/C16H17ClN2O4S2/c17-13-10-14(24-11-5-2-1-3-6-11)12(9-15(13)25(18,22)23)16(21)19-7-4-8-20/h1-3,5-6,9-10,20H,4,7-8H2,(H,19,21)(H2,18,22,23). The summed E-state index contributed by atoms with van der Waals surface area (Å²) in [7, 11) is -4.07. The molecule has 4 N–H and O–H groups in total. The molecule has 0 spiro atoms. The molecule has 0 aliphatic rings. The first-order valence-corrected chi connectivity index (χ1v) is 10.1. The van der Waals surface area contributed by atoms with Crippen molar-refractivity contribution >= 4 is 39.3 Å². The Morgan fingerprint density at radius 1 is 1.24 bits per heavy atom. The minimum Gasteiger partial charge on any atom is -0.396 e. The normalized spacial score (nSPS) is 11.3. The van der Waals surface area contributed by atoms with Gasteiger partial charge in [-0.05, 0) is 30.7 Å². The molecular weight excluding hydrogens is 384 g/mol. The molecule has 2 aromatic rings. The molecule has 0 saturated heterocycles. The molecule has 2 rings (SSSR count). The number of aliphatic hydroxyl groups is 1. The molecule has 0 atom stereocenters. The maximum Gasteiger partial charge on any atom is 0.252 e. The topological polar surface area (TPSA) is 109 Å². The number of carbonyl (C=O) groups excluding carboxylic acids is 1. The lowest BCUT2D eigenvalue weighted by atomic mass is 10.2. The van der Waals surface area contributed by atoms with Crippen molar-refractivity contribution in [1.82, 2.24) is 5.32 Å². The largest absolute Gasteiger partial charge is 0.396 e. The quantitative estimate of drug-likeness (QED) is 0.617. The van der Waals surface area contributed by atoms with Gasteiger partial charge in [-0.15, -0.1) is 0 Å². The smallest absolute Gasteiger partial charge is 0.252 e. The van der Waals surface area contributed by atoms with E-state index in [0.717, 1.165) is 4.90 Å². The Labute approximate surface area is 155 Å². The second kappa shape index (κ2) is 8.68. The van der Waals surface area contributed by atoms with Crippen molar-refractivity contribution < 1.29 is 18.3 Å². The summed E-state index contributed by atoms with van der Waals surface area (Å²) >= 11 is 7.33. The molecule has 0 fully saturated rings. The van der Waals surface area contributed by atoms with Crippen LogP contribution in [0.2, 0.25) is 5.02 Å². The summed E-state index contributed by atoms with van der Waals surface area (Å²) in [5, 5.41) is 16.6. The first-order valence-electron chi connectivity index (χ1n) is 7.31. The summed E-state index contributed by atoms with van der Waals surface area (Å²) in [6.07, 6.45) is 0.391. The van der Waals surface area contributed by atoms with Crippen molar-refractivity contribution in [2.75, 3.05) is 13.2 Å². The molecule has 0 radical (unpaired) electrons. The number of sulfonamides is 1. The number of nitrogens with two attached hydrogens (primary N) is 1. The zero-order valence-corrected chi connectivity index (χ0v) is 15.5. The van der Waals surface area contributed by atoms with Crippen molar-refractivity contribution in [3.8, 4) is 0 Å². The molecule has 1 amide bonds. The van der Waals surface area contributed by atoms with Gasteiger partial charge >= 0.3 is 0 Å². The highest BCUT2D eigenvalue weighted by Crippen LogP contribution is 2.35. The Morgan fingerprint density at radius 3 is 2.52 bits per heavy atom. The van der Waals surface area contributed by atoms with Crippen molar-refractivity contribution in [3.05, 3.63) is 53.1 Å². The van der Waals surface area contributed by atoms with Crippen LogP contribution >= 0.6 is 23.4 Å². The number of halogens is 1. The third kappa shape index (κ3) is 5.45. The molecule has 9 heteroatoms. The number of hydrogen-bond acceptors (Lipinski definition) is 5. The highest BCUT2D eigenvalue weighted by Gasteiger charge is 2.21. The summed E-state index contributed by atoms with van der Waals surface area (Å²) in [4.78, 5) is 13.5. The zero-order valence-electron chi connectivity index (χ0n) is 13.1. The Balaban J connectivity index is 2.45. The van der Waals surface area contributed by atoms with E-state index in [0.29, 0.717) is 11.3 Å². The number of nitrogens with one attached hydrogen (secondary N) is 1. The van der Waals surface area contributed by atoms with Crippen molar-refractivity contribution in [3.63, 3.8) is 0 Å². The highest BCUT2D eigenvalue weighted by molar-refractivity contribution is 7.99. The Bertz CT molecular complexity index is 858. The van der Waals surface area contributed by atoms with Crippen LogP contribution in [0.25, 0.3) is 0 Å². The maximum absolute atomic E-state index is 12.4. The van der Waals surface area contributed by atoms with Crippen LogP contribution in [0.3, 0.4) is 0 Å². The van der Waals surface area contributed by atoms with Crippen molar-refractivity contribution in [2.24, 2.45) is 5.14 Å². The second-order valence-corrected chi connectivity index (χ2v) is 8.12. The van der Waals surface area contributed by atoms with E-state index in [4.69, 9.17) is 21.8 Å². The summed E-state index contributed by atoms with van der Waals surface area (Å²) < 4.78 is 23.4. The number of hydrogen-bond donors (Lipinski definition) is 3. The van der Waals surface area contributed by atoms with Gasteiger partial charge < -0.3 is 10.4 Å². The summed E-state index contributed by atoms with van der Waals surface area (Å²) in [6, 6.07) is 11.9. The number of rotatable bonds is 7. The zero-order chi connectivity index (χ0) is 18.4. The van der Waals surface area contributed by atoms with Gasteiger partial charge in [0, 0.05) is 22.9 Å². The predicted molar refractivity (Wildman–Crippen MR) is 97.4 cm³/mol. The van der Waals surface area contributed by atoms with Crippen molar-refractivity contribution in [1.29, 1.82) is 0 Å². The van der Waals surface area contributed by atoms with E-state index in [1.165, 1.54) is 23.9 Å². The van der Waals surface area contributed by atoms with Crippen LogP contribution in [0.1, 0.15) is 16.8 Å². The molecule has 0 aromatic heterocycles. The Kier molecular flexibility index (Phi) is 6.86. The van der Waals surface area contributed by atoms with Crippen LogP contribution in [0.5, 0.6) is 0 Å². The highest BCUT2D eigenvalue weighted by atomic mass is 35.5. The van der Waals surface area contributed by atoms with Gasteiger partial charge in [0.25, 0.3) is 5.91 Å². The maximum atomic E-state index is 12.4. The minimum atomic E-state index is -4.07. The molecule has 0 heterocycles. The fraction of sp³-hybridized carbons (Fsp3) is 0.188. The Hall–Kier alpha value is -1.58. The predicted octanol–water partition coefficient (Wildman–Crippen LogP) is 2.25. The van der Waals surface area contributed by atoms with E-state index in [9.17, 15) is 13.2 Å². The van der Waals surface area contributed by atoms with Gasteiger partial charge in [-0.25, -0.2) is 13.6 Å². The van der Waals surface area contributed by atoms with E-state index in [1.807, 2.05) is 30.3 Å². The molecule has 0 unspecified atom stereocenters. The van der Waals surface area contributed by atoms with E-state index >= 15 is 0 Å². The van der Waals surface area contributed by atoms with Gasteiger partial charge in [-0.3, -0.25) is 4.79 Å². The van der Waals surface area contributed by atoms with Crippen LogP contribution in [0, 0.1) is 0 Å². The SMILES string of the molecule is NS(=O)(=O)c1cc(C(=O)NCCCO)c(Sc2ccccc2)cc1Cl. The molecular formula is C16H17ClN2O4S2. The summed E-state index contributed by atoms with van der Waals surface area (Å²) in [5.41, 5.74) is 0.153. The molecule has 6 nitrogen and oxygen atoms in total. The third-order valence-corrected chi connectivity index (χ3v) is 5.62. The van der Waals surface area contributed by atoms with E-state index in [-0.39, 0.29) is 28.6 Å². The summed E-state index contributed by atoms with van der Waals surface area (Å²) in [5.74, 6) is -0.464. The monoisotopic (exact) mass is 400 g/mol. The van der Waals surface area contributed by atoms with Gasteiger partial charge in [-0.2, -0.15) is 0 Å². The number of benzene rings is 2. The number of amides is 1. The molecule has 0 aliphatic heterocycles. The number of carbonyl (C=O) groups is 1. The molecule has 0 bridgehead atoms. The lowest BCUT2D eigenvalue weighted by Crippen LogP contribution is -2.26. The lowest BCUT2D eigenvalue weighted by molar-refractivity contribution is 0.0948. The van der Waals surface area contributed by atoms with E-state index < -0.39 is 15.9 Å². The van der Waals surface area contributed by atoms with E-state index in [2.05, 4.69) is 5.32 Å². The van der Waals surface area contributed by atoms with Gasteiger partial charge in [-0.1, -0.05) is 41.6 Å². The number of aliphatic hydroxyl groups excluding tert-OH is 1. The lowest BCUT2D eigenvalue weighted by Gasteiger charge is -2.13. The molecule has 0 aliphatic carbocycles. The van der Waals surface area contributed by atoms with Crippen LogP contribution < -0.4 is 10.5 Å². The van der Waals surface area contributed by atoms with Crippen molar-refractivity contribution in [2.45, 2.75) is 21.1 Å². The number of primary sulfonamides is 1. The van der Waals surface area contributed by atoms with Gasteiger partial charge in [0.2, 0.25) is 10.0 Å². The van der Waals surface area contributed by atoms with E-state index in [1.54, 1.807) is 0 Å². The minimum absolute atomic E-state index is 0.0483. The average molecular weight is 401 g/mol. The third-order valence-electron chi connectivity index (χ3n) is 3.18. The summed E-state index contributed by atoms with van der Waals surface area (Å²) in [6.45, 7) is 0.201. The molecule has 134 valence electrons.